The topological polar surface area (TPSA) is 58.2 Å². The lowest BCUT2D eigenvalue weighted by Gasteiger charge is -2.28. The summed E-state index contributed by atoms with van der Waals surface area (Å²) in [5.74, 6) is 1.03. The van der Waals surface area contributed by atoms with Gasteiger partial charge in [-0.05, 0) is 57.6 Å². The predicted molar refractivity (Wildman–Crippen MR) is 102 cm³/mol. The van der Waals surface area contributed by atoms with E-state index in [9.17, 15) is 9.59 Å². The van der Waals surface area contributed by atoms with Crippen molar-refractivity contribution in [2.24, 2.45) is 11.8 Å². The smallest absolute Gasteiger partial charge is 0.223 e. The molecule has 0 spiro atoms. The lowest BCUT2D eigenvalue weighted by Crippen LogP contribution is -2.39. The van der Waals surface area contributed by atoms with Crippen molar-refractivity contribution in [1.82, 2.24) is 10.6 Å². The number of hydrogen-bond acceptors (Lipinski definition) is 3. The van der Waals surface area contributed by atoms with Crippen LogP contribution in [0.2, 0.25) is 0 Å². The Labute approximate surface area is 148 Å². The minimum absolute atomic E-state index is 0.0418. The zero-order valence-electron chi connectivity index (χ0n) is 16.2. The molecular weight excluding hydrogens is 300 g/mol. The summed E-state index contributed by atoms with van der Waals surface area (Å²) >= 11 is 0. The SMILES string of the molecule is C=CC(=O)C(C)NCC1CCC(C(=O)NCCCCC)CC1.CC. The molecule has 1 unspecified atom stereocenters. The quantitative estimate of drug-likeness (QED) is 0.470. The fourth-order valence-electron chi connectivity index (χ4n) is 2.98. The third kappa shape index (κ3) is 9.21. The van der Waals surface area contributed by atoms with Crippen LogP contribution in [-0.4, -0.2) is 30.8 Å². The molecule has 1 saturated carbocycles. The molecule has 24 heavy (non-hydrogen) atoms. The van der Waals surface area contributed by atoms with Gasteiger partial charge in [0.1, 0.15) is 0 Å². The standard InChI is InChI=1S/C18H32N2O2.C2H6/c1-4-6-7-12-19-18(22)16-10-8-15(9-11-16)13-20-14(3)17(21)5-2;1-2/h5,14-16,20H,2,4,6-13H2,1,3H3,(H,19,22);1-2H3. The molecule has 1 atom stereocenters. The number of amides is 1. The molecule has 1 rings (SSSR count). The highest BCUT2D eigenvalue weighted by Crippen LogP contribution is 2.28. The molecule has 1 aliphatic carbocycles. The van der Waals surface area contributed by atoms with Gasteiger partial charge >= 0.3 is 0 Å². The van der Waals surface area contributed by atoms with Gasteiger partial charge in [0, 0.05) is 12.5 Å². The molecule has 1 amide bonds. The van der Waals surface area contributed by atoms with Gasteiger partial charge in [0.05, 0.1) is 6.04 Å². The van der Waals surface area contributed by atoms with E-state index in [4.69, 9.17) is 0 Å². The molecule has 0 aliphatic heterocycles. The van der Waals surface area contributed by atoms with Crippen LogP contribution in [0, 0.1) is 11.8 Å². The van der Waals surface area contributed by atoms with Crippen molar-refractivity contribution in [3.8, 4) is 0 Å². The maximum Gasteiger partial charge on any atom is 0.223 e. The first-order chi connectivity index (χ1) is 11.6. The number of hydrogen-bond donors (Lipinski definition) is 2. The molecule has 1 aliphatic rings. The van der Waals surface area contributed by atoms with E-state index in [1.807, 2.05) is 20.8 Å². The van der Waals surface area contributed by atoms with Gasteiger partial charge < -0.3 is 10.6 Å². The van der Waals surface area contributed by atoms with Crippen LogP contribution in [-0.2, 0) is 9.59 Å². The van der Waals surface area contributed by atoms with Gasteiger partial charge in [0.2, 0.25) is 5.91 Å². The first-order valence-electron chi connectivity index (χ1n) is 9.75. The van der Waals surface area contributed by atoms with E-state index >= 15 is 0 Å². The summed E-state index contributed by atoms with van der Waals surface area (Å²) in [6.07, 6.45) is 8.88. The molecule has 0 aromatic heterocycles. The Kier molecular flexibility index (Phi) is 13.5. The molecule has 0 aromatic rings. The van der Waals surface area contributed by atoms with Gasteiger partial charge in [-0.1, -0.05) is 40.2 Å². The van der Waals surface area contributed by atoms with Crippen molar-refractivity contribution in [3.63, 3.8) is 0 Å². The number of rotatable bonds is 10. The zero-order valence-corrected chi connectivity index (χ0v) is 16.2. The summed E-state index contributed by atoms with van der Waals surface area (Å²) in [7, 11) is 0. The van der Waals surface area contributed by atoms with Gasteiger partial charge in [0.15, 0.2) is 5.78 Å². The highest BCUT2D eigenvalue weighted by Gasteiger charge is 2.26. The van der Waals surface area contributed by atoms with Gasteiger partial charge in [0.25, 0.3) is 0 Å². The summed E-state index contributed by atoms with van der Waals surface area (Å²) in [5, 5.41) is 6.34. The van der Waals surface area contributed by atoms with E-state index in [2.05, 4.69) is 24.1 Å². The Hall–Kier alpha value is -1.16. The van der Waals surface area contributed by atoms with Crippen LogP contribution in [0.25, 0.3) is 0 Å². The highest BCUT2D eigenvalue weighted by molar-refractivity contribution is 5.93. The Morgan fingerprint density at radius 3 is 2.33 bits per heavy atom. The highest BCUT2D eigenvalue weighted by atomic mass is 16.2. The van der Waals surface area contributed by atoms with Crippen LogP contribution in [0.15, 0.2) is 12.7 Å². The summed E-state index contributed by atoms with van der Waals surface area (Å²) < 4.78 is 0. The van der Waals surface area contributed by atoms with Crippen LogP contribution in [0.3, 0.4) is 0 Å². The molecule has 0 heterocycles. The van der Waals surface area contributed by atoms with Crippen LogP contribution >= 0.6 is 0 Å². The van der Waals surface area contributed by atoms with E-state index in [-0.39, 0.29) is 23.7 Å². The minimum Gasteiger partial charge on any atom is -0.356 e. The van der Waals surface area contributed by atoms with Crippen LogP contribution in [0.4, 0.5) is 0 Å². The molecule has 2 N–H and O–H groups in total. The van der Waals surface area contributed by atoms with Gasteiger partial charge in [-0.15, -0.1) is 0 Å². The maximum absolute atomic E-state index is 12.1. The monoisotopic (exact) mass is 338 g/mol. The number of unbranched alkanes of at least 4 members (excludes halogenated alkanes) is 2. The van der Waals surface area contributed by atoms with Crippen molar-refractivity contribution in [2.75, 3.05) is 13.1 Å². The minimum atomic E-state index is -0.155. The first kappa shape index (κ1) is 22.8. The molecule has 0 saturated heterocycles. The normalized spacial score (nSPS) is 21.2. The second kappa shape index (κ2) is 14.2. The van der Waals surface area contributed by atoms with Crippen molar-refractivity contribution in [2.45, 2.75) is 78.7 Å². The Bertz CT molecular complexity index is 361. The van der Waals surface area contributed by atoms with Gasteiger partial charge in [-0.2, -0.15) is 0 Å². The molecule has 4 nitrogen and oxygen atoms in total. The van der Waals surface area contributed by atoms with E-state index in [0.717, 1.165) is 45.2 Å². The average molecular weight is 339 g/mol. The van der Waals surface area contributed by atoms with E-state index in [1.165, 1.54) is 18.9 Å². The number of ketones is 1. The summed E-state index contributed by atoms with van der Waals surface area (Å²) in [6.45, 7) is 13.2. The summed E-state index contributed by atoms with van der Waals surface area (Å²) in [6, 6.07) is -0.155. The molecule has 140 valence electrons. The fourth-order valence-corrected chi connectivity index (χ4v) is 2.98. The Morgan fingerprint density at radius 2 is 1.79 bits per heavy atom. The summed E-state index contributed by atoms with van der Waals surface area (Å²) in [5.41, 5.74) is 0. The third-order valence-corrected chi connectivity index (χ3v) is 4.64. The molecule has 0 radical (unpaired) electrons. The maximum atomic E-state index is 12.1. The average Bonchev–Trinajstić information content (AvgIpc) is 2.64. The van der Waals surface area contributed by atoms with E-state index in [0.29, 0.717) is 5.92 Å². The lowest BCUT2D eigenvalue weighted by atomic mass is 9.81. The first-order valence-corrected chi connectivity index (χ1v) is 9.75. The van der Waals surface area contributed by atoms with Gasteiger partial charge in [-0.25, -0.2) is 0 Å². The van der Waals surface area contributed by atoms with Crippen LogP contribution in [0.1, 0.15) is 72.6 Å². The lowest BCUT2D eigenvalue weighted by molar-refractivity contribution is -0.126. The molecule has 0 aromatic carbocycles. The second-order valence-corrected chi connectivity index (χ2v) is 6.45. The molecule has 4 heteroatoms. The fraction of sp³-hybridized carbons (Fsp3) is 0.800. The number of carbonyl (C=O) groups is 2. The predicted octanol–water partition coefficient (Wildman–Crippen LogP) is 3.86. The van der Waals surface area contributed by atoms with E-state index in [1.54, 1.807) is 0 Å². The van der Waals surface area contributed by atoms with Gasteiger partial charge in [-0.3, -0.25) is 9.59 Å². The van der Waals surface area contributed by atoms with Crippen molar-refractivity contribution in [1.29, 1.82) is 0 Å². The van der Waals surface area contributed by atoms with Crippen molar-refractivity contribution < 1.29 is 9.59 Å². The molecule has 1 fully saturated rings. The van der Waals surface area contributed by atoms with Crippen LogP contribution in [0.5, 0.6) is 0 Å². The Morgan fingerprint density at radius 1 is 1.17 bits per heavy atom. The number of nitrogens with one attached hydrogen (secondary N) is 2. The molecule has 0 bridgehead atoms. The third-order valence-electron chi connectivity index (χ3n) is 4.64. The van der Waals surface area contributed by atoms with Crippen molar-refractivity contribution >= 4 is 11.7 Å². The zero-order chi connectivity index (χ0) is 18.4. The summed E-state index contributed by atoms with van der Waals surface area (Å²) in [4.78, 5) is 23.5. The number of carbonyl (C=O) groups excluding carboxylic acids is 2. The largest absolute Gasteiger partial charge is 0.356 e. The van der Waals surface area contributed by atoms with E-state index < -0.39 is 0 Å². The molecular formula is C20H38N2O2. The van der Waals surface area contributed by atoms with Crippen LogP contribution < -0.4 is 10.6 Å². The second-order valence-electron chi connectivity index (χ2n) is 6.45. The van der Waals surface area contributed by atoms with Crippen molar-refractivity contribution in [3.05, 3.63) is 12.7 Å². The Balaban J connectivity index is 0.00000254.